The second-order valence-electron chi connectivity index (χ2n) is 8.06. The summed E-state index contributed by atoms with van der Waals surface area (Å²) in [6.45, 7) is 1.37. The molecule has 3 heterocycles. The number of hydrogen-bond acceptors (Lipinski definition) is 6. The van der Waals surface area contributed by atoms with Gasteiger partial charge in [0.05, 0.1) is 18.3 Å². The van der Waals surface area contributed by atoms with Crippen LogP contribution in [0.2, 0.25) is 0 Å². The lowest BCUT2D eigenvalue weighted by Gasteiger charge is -2.18. The van der Waals surface area contributed by atoms with Crippen molar-refractivity contribution in [1.82, 2.24) is 24.5 Å². The Balaban J connectivity index is 1.60. The third-order valence-electron chi connectivity index (χ3n) is 5.94. The van der Waals surface area contributed by atoms with Crippen LogP contribution in [-0.4, -0.2) is 42.4 Å². The molecule has 0 aliphatic carbocycles. The highest BCUT2D eigenvalue weighted by atomic mass is 16.5. The van der Waals surface area contributed by atoms with E-state index in [0.29, 0.717) is 12.0 Å². The zero-order valence-corrected chi connectivity index (χ0v) is 18.0. The second-order valence-corrected chi connectivity index (χ2v) is 8.06. The summed E-state index contributed by atoms with van der Waals surface area (Å²) in [7, 11) is 0. The number of aromatic amines is 1. The van der Waals surface area contributed by atoms with Crippen molar-refractivity contribution in [2.75, 3.05) is 6.61 Å². The minimum Gasteiger partial charge on any atom is -0.394 e. The average Bonchev–Trinajstić information content (AvgIpc) is 3.47. The van der Waals surface area contributed by atoms with Crippen LogP contribution in [0.4, 0.5) is 0 Å². The lowest BCUT2D eigenvalue weighted by Crippen LogP contribution is -2.33. The van der Waals surface area contributed by atoms with E-state index < -0.39 is 23.6 Å². The fourth-order valence-corrected chi connectivity index (χ4v) is 4.29. The molecule has 0 amide bonds. The van der Waals surface area contributed by atoms with Crippen LogP contribution in [0.25, 0.3) is 22.5 Å². The Hall–Kier alpha value is -3.82. The molecule has 1 saturated heterocycles. The summed E-state index contributed by atoms with van der Waals surface area (Å²) in [5.41, 5.74) is 2.79. The molecule has 0 radical (unpaired) electrons. The number of aliphatic hydroxyl groups is 1. The van der Waals surface area contributed by atoms with Crippen molar-refractivity contribution < 1.29 is 9.84 Å². The number of nitrogens with one attached hydrogen (secondary N) is 1. The predicted octanol–water partition coefficient (Wildman–Crippen LogP) is 2.29. The monoisotopic (exact) mass is 445 g/mol. The smallest absolute Gasteiger partial charge is 0.330 e. The third-order valence-corrected chi connectivity index (χ3v) is 5.94. The van der Waals surface area contributed by atoms with Gasteiger partial charge in [-0.25, -0.2) is 9.48 Å². The van der Waals surface area contributed by atoms with E-state index in [1.165, 1.54) is 10.8 Å². The van der Waals surface area contributed by atoms with Gasteiger partial charge in [-0.15, -0.1) is 5.10 Å². The fourth-order valence-electron chi connectivity index (χ4n) is 4.29. The summed E-state index contributed by atoms with van der Waals surface area (Å²) in [5, 5.41) is 19.0. The standard InChI is InChI=1S/C24H23N5O4/c1-15-13-28(24(32)25-23(15)31)20-12-18(19(14-30)33-20)29-22(17-10-6-3-7-11-17)21(26-27-29)16-8-4-2-5-9-16/h2-11,13,18-20,30H,12,14H2,1H3,(H,25,31,32)/t18-,19+,20+/m0/s1. The number of nitrogens with zero attached hydrogens (tertiary/aromatic N) is 4. The Kier molecular flexibility index (Phi) is 5.49. The van der Waals surface area contributed by atoms with E-state index >= 15 is 0 Å². The van der Waals surface area contributed by atoms with Gasteiger partial charge in [-0.3, -0.25) is 14.3 Å². The van der Waals surface area contributed by atoms with Crippen LogP contribution in [0.5, 0.6) is 0 Å². The molecule has 3 atom stereocenters. The molecule has 9 nitrogen and oxygen atoms in total. The molecular weight excluding hydrogens is 422 g/mol. The molecule has 0 bridgehead atoms. The lowest BCUT2D eigenvalue weighted by molar-refractivity contribution is -0.0322. The highest BCUT2D eigenvalue weighted by molar-refractivity contribution is 5.78. The minimum absolute atomic E-state index is 0.257. The van der Waals surface area contributed by atoms with Gasteiger partial charge in [-0.1, -0.05) is 65.9 Å². The summed E-state index contributed by atoms with van der Waals surface area (Å²) in [6, 6.07) is 19.2. The molecule has 5 rings (SSSR count). The SMILES string of the molecule is Cc1cn([C@H]2C[C@H](n3nnc(-c4ccccc4)c3-c3ccccc3)[C@@H](CO)O2)c(=O)[nH]c1=O. The fraction of sp³-hybridized carbons (Fsp3) is 0.250. The number of rotatable bonds is 5. The van der Waals surface area contributed by atoms with Gasteiger partial charge in [0.15, 0.2) is 0 Å². The number of benzene rings is 2. The quantitative estimate of drug-likeness (QED) is 0.487. The van der Waals surface area contributed by atoms with Crippen LogP contribution in [0, 0.1) is 6.92 Å². The highest BCUT2D eigenvalue weighted by Gasteiger charge is 2.40. The van der Waals surface area contributed by atoms with Gasteiger partial charge in [0, 0.05) is 29.3 Å². The van der Waals surface area contributed by atoms with Gasteiger partial charge >= 0.3 is 5.69 Å². The van der Waals surface area contributed by atoms with Crippen molar-refractivity contribution >= 4 is 0 Å². The summed E-state index contributed by atoms with van der Waals surface area (Å²) >= 11 is 0. The molecule has 9 heteroatoms. The van der Waals surface area contributed by atoms with Gasteiger partial charge in [0.2, 0.25) is 0 Å². The molecule has 0 unspecified atom stereocenters. The molecule has 33 heavy (non-hydrogen) atoms. The van der Waals surface area contributed by atoms with Crippen molar-refractivity contribution in [2.45, 2.75) is 31.7 Å². The van der Waals surface area contributed by atoms with E-state index in [4.69, 9.17) is 4.74 Å². The van der Waals surface area contributed by atoms with Gasteiger partial charge in [-0.05, 0) is 6.92 Å². The van der Waals surface area contributed by atoms with Crippen molar-refractivity contribution in [1.29, 1.82) is 0 Å². The zero-order valence-electron chi connectivity index (χ0n) is 18.0. The zero-order chi connectivity index (χ0) is 22.9. The van der Waals surface area contributed by atoms with Gasteiger partial charge in [-0.2, -0.15) is 0 Å². The molecular formula is C24H23N5O4. The first-order valence-corrected chi connectivity index (χ1v) is 10.7. The maximum absolute atomic E-state index is 12.4. The van der Waals surface area contributed by atoms with Crippen molar-refractivity contribution in [2.24, 2.45) is 0 Å². The Morgan fingerprint density at radius 3 is 2.39 bits per heavy atom. The molecule has 1 aliphatic heterocycles. The Morgan fingerprint density at radius 1 is 1.06 bits per heavy atom. The molecule has 2 N–H and O–H groups in total. The van der Waals surface area contributed by atoms with Gasteiger partial charge in [0.25, 0.3) is 5.56 Å². The number of hydrogen-bond donors (Lipinski definition) is 2. The molecule has 1 aliphatic rings. The predicted molar refractivity (Wildman–Crippen MR) is 122 cm³/mol. The van der Waals surface area contributed by atoms with Crippen LogP contribution >= 0.6 is 0 Å². The summed E-state index contributed by atoms with van der Waals surface area (Å²) in [4.78, 5) is 26.5. The van der Waals surface area contributed by atoms with E-state index in [1.807, 2.05) is 60.7 Å². The van der Waals surface area contributed by atoms with E-state index in [9.17, 15) is 14.7 Å². The maximum Gasteiger partial charge on any atom is 0.330 e. The highest BCUT2D eigenvalue weighted by Crippen LogP contribution is 2.40. The van der Waals surface area contributed by atoms with Crippen LogP contribution in [0.1, 0.15) is 24.3 Å². The molecule has 0 spiro atoms. The van der Waals surface area contributed by atoms with E-state index in [0.717, 1.165) is 22.5 Å². The first kappa shape index (κ1) is 21.0. The van der Waals surface area contributed by atoms with Gasteiger partial charge < -0.3 is 9.84 Å². The first-order valence-electron chi connectivity index (χ1n) is 10.7. The van der Waals surface area contributed by atoms with Gasteiger partial charge in [0.1, 0.15) is 18.0 Å². The Morgan fingerprint density at radius 2 is 1.73 bits per heavy atom. The molecule has 168 valence electrons. The topological polar surface area (TPSA) is 115 Å². The molecule has 0 saturated carbocycles. The number of aliphatic hydroxyl groups excluding tert-OH is 1. The summed E-state index contributed by atoms with van der Waals surface area (Å²) in [5.74, 6) is 0. The van der Waals surface area contributed by atoms with E-state index in [-0.39, 0.29) is 12.6 Å². The normalized spacial score (nSPS) is 20.2. The van der Waals surface area contributed by atoms with Crippen LogP contribution < -0.4 is 11.2 Å². The first-order chi connectivity index (χ1) is 16.1. The van der Waals surface area contributed by atoms with Crippen molar-refractivity contribution in [3.05, 3.63) is 93.3 Å². The third kappa shape index (κ3) is 3.81. The summed E-state index contributed by atoms with van der Waals surface area (Å²) in [6.07, 6.45) is 0.580. The Bertz CT molecular complexity index is 1380. The van der Waals surface area contributed by atoms with Crippen molar-refractivity contribution in [3.63, 3.8) is 0 Å². The lowest BCUT2D eigenvalue weighted by atomic mass is 10.0. The minimum atomic E-state index is -0.664. The van der Waals surface area contributed by atoms with E-state index in [2.05, 4.69) is 15.3 Å². The number of aromatic nitrogens is 5. The van der Waals surface area contributed by atoms with Crippen LogP contribution in [-0.2, 0) is 4.74 Å². The second kappa shape index (κ2) is 8.61. The molecule has 2 aromatic carbocycles. The van der Waals surface area contributed by atoms with Crippen LogP contribution in [0.15, 0.2) is 76.4 Å². The molecule has 4 aromatic rings. The molecule has 1 fully saturated rings. The summed E-state index contributed by atoms with van der Waals surface area (Å²) < 4.78 is 9.19. The maximum atomic E-state index is 12.4. The Labute approximate surface area is 188 Å². The van der Waals surface area contributed by atoms with E-state index in [1.54, 1.807) is 11.6 Å². The van der Waals surface area contributed by atoms with Crippen LogP contribution in [0.3, 0.4) is 0 Å². The number of aryl methyl sites for hydroxylation is 1. The molecule has 2 aromatic heterocycles. The largest absolute Gasteiger partial charge is 0.394 e. The number of H-pyrrole nitrogens is 1. The van der Waals surface area contributed by atoms with Crippen molar-refractivity contribution in [3.8, 4) is 22.5 Å². The number of ether oxygens (including phenoxy) is 1. The average molecular weight is 445 g/mol.